The molecule has 1 rings (SSSR count). The van der Waals surface area contributed by atoms with E-state index in [-0.39, 0.29) is 23.3 Å². The second-order valence-corrected chi connectivity index (χ2v) is 4.37. The van der Waals surface area contributed by atoms with E-state index < -0.39 is 12.0 Å². The van der Waals surface area contributed by atoms with E-state index >= 15 is 0 Å². The first-order valence-corrected chi connectivity index (χ1v) is 6.57. The molecule has 0 aliphatic heterocycles. The zero-order valence-corrected chi connectivity index (χ0v) is 12.6. The van der Waals surface area contributed by atoms with Crippen molar-refractivity contribution in [3.63, 3.8) is 0 Å². The number of amides is 2. The molecule has 2 amide bonds. The number of benzene rings is 1. The number of carboxylic acid groups (broad SMARTS) is 1. The molecule has 0 heterocycles. The van der Waals surface area contributed by atoms with Crippen LogP contribution in [0.3, 0.4) is 0 Å². The van der Waals surface area contributed by atoms with E-state index in [9.17, 15) is 14.4 Å². The molecule has 8 heteroatoms. The molecule has 0 unspecified atom stereocenters. The zero-order valence-electron chi connectivity index (χ0n) is 11.7. The van der Waals surface area contributed by atoms with Crippen molar-refractivity contribution in [2.24, 2.45) is 0 Å². The lowest BCUT2D eigenvalue weighted by Gasteiger charge is -2.08. The summed E-state index contributed by atoms with van der Waals surface area (Å²) in [5, 5.41) is 22.0. The molecule has 0 aromatic heterocycles. The van der Waals surface area contributed by atoms with E-state index in [2.05, 4.69) is 23.3 Å². The molecule has 4 N–H and O–H groups in total. The van der Waals surface area contributed by atoms with Gasteiger partial charge in [-0.25, -0.2) is 4.79 Å². The Hall–Kier alpha value is -2.22. The molecule has 0 saturated carbocycles. The fourth-order valence-electron chi connectivity index (χ4n) is 1.18. The average Bonchev–Trinajstić information content (AvgIpc) is 2.38. The minimum atomic E-state index is -1.06. The van der Waals surface area contributed by atoms with Crippen LogP contribution in [0, 0.1) is 0 Å². The van der Waals surface area contributed by atoms with Gasteiger partial charge in [-0.05, 0) is 24.3 Å². The van der Waals surface area contributed by atoms with Gasteiger partial charge in [-0.3, -0.25) is 9.59 Å². The molecule has 0 bridgehead atoms. The normalized spacial score (nSPS) is 10.6. The van der Waals surface area contributed by atoms with Crippen molar-refractivity contribution in [3.8, 4) is 5.75 Å². The number of aliphatic carboxylic acids is 1. The van der Waals surface area contributed by atoms with Crippen molar-refractivity contribution in [1.29, 1.82) is 0 Å². The number of aromatic hydroxyl groups is 1. The molecule has 7 nitrogen and oxygen atoms in total. The van der Waals surface area contributed by atoms with E-state index in [1.807, 2.05) is 0 Å². The van der Waals surface area contributed by atoms with Crippen LogP contribution >= 0.6 is 12.6 Å². The van der Waals surface area contributed by atoms with Crippen LogP contribution < -0.4 is 10.6 Å². The number of hydrogen-bond acceptors (Lipinski definition) is 5. The first-order chi connectivity index (χ1) is 9.76. The first-order valence-electron chi connectivity index (χ1n) is 5.93. The van der Waals surface area contributed by atoms with Gasteiger partial charge in [0.2, 0.25) is 11.8 Å². The van der Waals surface area contributed by atoms with Crippen molar-refractivity contribution in [3.05, 3.63) is 24.3 Å². The van der Waals surface area contributed by atoms with Crippen molar-refractivity contribution in [2.45, 2.75) is 19.9 Å². The molecule has 1 aromatic carbocycles. The standard InChI is InChI=1S/C8H9NO2.C5H9NO3S/c1-6(10)9-7-2-4-8(11)5-3-7;1-3(7)6-4(2-10)5(8)9/h2-5,11H,1H3,(H,9,10);4,10H,2H2,1H3,(H,6,7)(H,8,9)/t;4-/m.0/s1. The Kier molecular flexibility index (Phi) is 8.63. The van der Waals surface area contributed by atoms with Gasteiger partial charge in [-0.15, -0.1) is 0 Å². The Labute approximate surface area is 127 Å². The van der Waals surface area contributed by atoms with E-state index in [0.29, 0.717) is 5.69 Å². The number of hydrogen-bond donors (Lipinski definition) is 5. The molecular formula is C13H18N2O5S. The number of carboxylic acids is 1. The predicted molar refractivity (Wildman–Crippen MR) is 81.5 cm³/mol. The average molecular weight is 314 g/mol. The van der Waals surface area contributed by atoms with Crippen molar-refractivity contribution < 1.29 is 24.6 Å². The highest BCUT2D eigenvalue weighted by Gasteiger charge is 2.15. The van der Waals surface area contributed by atoms with Gasteiger partial charge in [-0.1, -0.05) is 0 Å². The summed E-state index contributed by atoms with van der Waals surface area (Å²) in [5.41, 5.74) is 0.690. The molecule has 1 aromatic rings. The van der Waals surface area contributed by atoms with Crippen LogP contribution in [0.5, 0.6) is 5.75 Å². The Balaban J connectivity index is 0.000000384. The Morgan fingerprint density at radius 2 is 1.67 bits per heavy atom. The second-order valence-electron chi connectivity index (χ2n) is 4.00. The van der Waals surface area contributed by atoms with Gasteiger partial charge in [0.15, 0.2) is 0 Å². The van der Waals surface area contributed by atoms with Gasteiger partial charge in [0.25, 0.3) is 0 Å². The number of phenolic OH excluding ortho intramolecular Hbond substituents is 1. The predicted octanol–water partition coefficient (Wildman–Crippen LogP) is 0.856. The molecule has 0 aliphatic carbocycles. The van der Waals surface area contributed by atoms with Gasteiger partial charge in [0, 0.05) is 25.3 Å². The van der Waals surface area contributed by atoms with Crippen LogP contribution in [-0.2, 0) is 14.4 Å². The molecule has 1 atom stereocenters. The van der Waals surface area contributed by atoms with Crippen LogP contribution in [0.25, 0.3) is 0 Å². The molecule has 116 valence electrons. The Bertz CT molecular complexity index is 490. The second kappa shape index (κ2) is 9.65. The molecular weight excluding hydrogens is 296 g/mol. The van der Waals surface area contributed by atoms with Crippen LogP contribution in [0.4, 0.5) is 5.69 Å². The quantitative estimate of drug-likeness (QED) is 0.417. The molecule has 0 spiro atoms. The number of carbonyl (C=O) groups is 3. The lowest BCUT2D eigenvalue weighted by Crippen LogP contribution is -2.40. The third-order valence-electron chi connectivity index (χ3n) is 2.05. The topological polar surface area (TPSA) is 116 Å². The monoisotopic (exact) mass is 314 g/mol. The van der Waals surface area contributed by atoms with E-state index in [4.69, 9.17) is 10.2 Å². The minimum absolute atomic E-state index is 0.106. The van der Waals surface area contributed by atoms with E-state index in [1.54, 1.807) is 12.1 Å². The van der Waals surface area contributed by atoms with E-state index in [1.165, 1.54) is 26.0 Å². The van der Waals surface area contributed by atoms with E-state index in [0.717, 1.165) is 0 Å². The third-order valence-corrected chi connectivity index (χ3v) is 2.41. The molecule has 0 aliphatic rings. The number of nitrogens with one attached hydrogen (secondary N) is 2. The van der Waals surface area contributed by atoms with Crippen molar-refractivity contribution >= 4 is 36.1 Å². The van der Waals surface area contributed by atoms with Gasteiger partial charge in [0.05, 0.1) is 0 Å². The maximum atomic E-state index is 10.5. The highest BCUT2D eigenvalue weighted by molar-refractivity contribution is 7.80. The summed E-state index contributed by atoms with van der Waals surface area (Å²) < 4.78 is 0. The Morgan fingerprint density at radius 3 is 1.95 bits per heavy atom. The molecule has 0 fully saturated rings. The number of rotatable bonds is 4. The van der Waals surface area contributed by atoms with Gasteiger partial charge in [0.1, 0.15) is 11.8 Å². The summed E-state index contributed by atoms with van der Waals surface area (Å²) in [6.07, 6.45) is 0. The largest absolute Gasteiger partial charge is 0.508 e. The minimum Gasteiger partial charge on any atom is -0.508 e. The zero-order chi connectivity index (χ0) is 16.4. The molecule has 0 saturated heterocycles. The van der Waals surface area contributed by atoms with Crippen molar-refractivity contribution in [2.75, 3.05) is 11.1 Å². The number of thiol groups is 1. The lowest BCUT2D eigenvalue weighted by molar-refractivity contribution is -0.140. The highest BCUT2D eigenvalue weighted by atomic mass is 32.1. The number of carbonyl (C=O) groups excluding carboxylic acids is 2. The summed E-state index contributed by atoms with van der Waals surface area (Å²) in [6.45, 7) is 2.70. The summed E-state index contributed by atoms with van der Waals surface area (Å²) in [6, 6.07) is 5.44. The summed E-state index contributed by atoms with van der Waals surface area (Å²) >= 11 is 3.73. The molecule has 21 heavy (non-hydrogen) atoms. The Morgan fingerprint density at radius 1 is 1.14 bits per heavy atom. The van der Waals surface area contributed by atoms with Crippen LogP contribution in [0.1, 0.15) is 13.8 Å². The van der Waals surface area contributed by atoms with Crippen LogP contribution in [0.2, 0.25) is 0 Å². The maximum Gasteiger partial charge on any atom is 0.327 e. The maximum absolute atomic E-state index is 10.5. The summed E-state index contributed by atoms with van der Waals surface area (Å²) in [7, 11) is 0. The lowest BCUT2D eigenvalue weighted by atomic mass is 10.3. The SMILES string of the molecule is CC(=O)N[C@@H](CS)C(=O)O.CC(=O)Nc1ccc(O)cc1. The summed E-state index contributed by atoms with van der Waals surface area (Å²) in [4.78, 5) is 31.0. The smallest absolute Gasteiger partial charge is 0.327 e. The fraction of sp³-hybridized carbons (Fsp3) is 0.308. The van der Waals surface area contributed by atoms with Gasteiger partial charge in [-0.2, -0.15) is 12.6 Å². The van der Waals surface area contributed by atoms with Crippen LogP contribution in [-0.4, -0.2) is 39.8 Å². The highest BCUT2D eigenvalue weighted by Crippen LogP contribution is 2.13. The molecule has 0 radical (unpaired) electrons. The van der Waals surface area contributed by atoms with Crippen molar-refractivity contribution in [1.82, 2.24) is 5.32 Å². The van der Waals surface area contributed by atoms with Gasteiger partial charge >= 0.3 is 5.97 Å². The number of anilines is 1. The first kappa shape index (κ1) is 18.8. The van der Waals surface area contributed by atoms with Gasteiger partial charge < -0.3 is 20.8 Å². The third kappa shape index (κ3) is 9.33. The fourth-order valence-corrected chi connectivity index (χ4v) is 1.43. The van der Waals surface area contributed by atoms with Crippen LogP contribution in [0.15, 0.2) is 24.3 Å². The summed E-state index contributed by atoms with van der Waals surface area (Å²) in [5.74, 6) is -1.24. The number of phenols is 1.